The summed E-state index contributed by atoms with van der Waals surface area (Å²) in [7, 11) is 0. The van der Waals surface area contributed by atoms with Gasteiger partial charge >= 0.3 is 0 Å². The smallest absolute Gasteiger partial charge is 0.226 e. The molecule has 0 fully saturated rings. The number of ether oxygens (including phenoxy) is 1. The second-order valence-electron chi connectivity index (χ2n) is 6.50. The van der Waals surface area contributed by atoms with Gasteiger partial charge in [-0.2, -0.15) is 0 Å². The van der Waals surface area contributed by atoms with E-state index in [0.29, 0.717) is 24.9 Å². The normalized spacial score (nSPS) is 11.0. The molecule has 1 aromatic rings. The quantitative estimate of drug-likeness (QED) is 0.727. The van der Waals surface area contributed by atoms with Crippen molar-refractivity contribution < 1.29 is 9.53 Å². The van der Waals surface area contributed by atoms with Crippen LogP contribution in [0.3, 0.4) is 0 Å². The van der Waals surface area contributed by atoms with E-state index in [4.69, 9.17) is 4.74 Å². The summed E-state index contributed by atoms with van der Waals surface area (Å²) in [5.74, 6) is 2.00. The van der Waals surface area contributed by atoms with Gasteiger partial charge in [-0.25, -0.2) is 0 Å². The average Bonchev–Trinajstić information content (AvgIpc) is 2.36. The highest BCUT2D eigenvalue weighted by atomic mass is 16.5. The summed E-state index contributed by atoms with van der Waals surface area (Å²) >= 11 is 0. The maximum Gasteiger partial charge on any atom is 0.226 e. The van der Waals surface area contributed by atoms with Gasteiger partial charge in [-0.1, -0.05) is 39.8 Å². The number of nitrogens with zero attached hydrogens (tertiary/aromatic N) is 1. The second kappa shape index (κ2) is 8.71. The van der Waals surface area contributed by atoms with Crippen molar-refractivity contribution in [2.45, 2.75) is 41.0 Å². The van der Waals surface area contributed by atoms with Crippen LogP contribution in [0.4, 0.5) is 0 Å². The third kappa shape index (κ3) is 7.16. The van der Waals surface area contributed by atoms with Crippen molar-refractivity contribution in [2.75, 3.05) is 19.7 Å². The molecule has 0 N–H and O–H groups in total. The minimum Gasteiger partial charge on any atom is -0.493 e. The molecule has 0 aromatic heterocycles. The van der Waals surface area contributed by atoms with Crippen LogP contribution in [0, 0.1) is 18.8 Å². The van der Waals surface area contributed by atoms with Gasteiger partial charge in [0.2, 0.25) is 5.91 Å². The molecule has 0 heterocycles. The molecule has 0 aliphatic rings. The molecule has 0 atom stereocenters. The Kier molecular flexibility index (Phi) is 7.27. The minimum absolute atomic E-state index is 0.185. The van der Waals surface area contributed by atoms with Gasteiger partial charge in [-0.3, -0.25) is 4.79 Å². The molecule has 0 radical (unpaired) electrons. The van der Waals surface area contributed by atoms with E-state index < -0.39 is 0 Å². The Balaban J connectivity index is 2.45. The Morgan fingerprint density at radius 1 is 1.14 bits per heavy atom. The lowest BCUT2D eigenvalue weighted by molar-refractivity contribution is -0.132. The molecular weight excluding hydrogens is 262 g/mol. The first kappa shape index (κ1) is 17.5. The molecule has 21 heavy (non-hydrogen) atoms. The van der Waals surface area contributed by atoms with Gasteiger partial charge in [-0.15, -0.1) is 0 Å². The largest absolute Gasteiger partial charge is 0.493 e. The summed E-state index contributed by atoms with van der Waals surface area (Å²) in [6.45, 7) is 12.7. The van der Waals surface area contributed by atoms with Gasteiger partial charge in [0.25, 0.3) is 0 Å². The highest BCUT2D eigenvalue weighted by Gasteiger charge is 2.16. The standard InChI is InChI=1S/C18H29NO2/c1-14(2)12-19(13-15(3)4)18(20)9-10-21-17-8-6-7-16(5)11-17/h6-8,11,14-15H,9-10,12-13H2,1-5H3. The summed E-state index contributed by atoms with van der Waals surface area (Å²) in [4.78, 5) is 14.3. The van der Waals surface area contributed by atoms with Gasteiger partial charge in [0.05, 0.1) is 13.0 Å². The number of hydrogen-bond donors (Lipinski definition) is 0. The van der Waals surface area contributed by atoms with Gasteiger partial charge in [0.15, 0.2) is 0 Å². The summed E-state index contributed by atoms with van der Waals surface area (Å²) in [6.07, 6.45) is 0.438. The Morgan fingerprint density at radius 3 is 2.29 bits per heavy atom. The van der Waals surface area contributed by atoms with Gasteiger partial charge < -0.3 is 9.64 Å². The van der Waals surface area contributed by atoms with Crippen LogP contribution in [-0.2, 0) is 4.79 Å². The lowest BCUT2D eigenvalue weighted by Gasteiger charge is -2.26. The number of rotatable bonds is 8. The van der Waals surface area contributed by atoms with Crippen molar-refractivity contribution >= 4 is 5.91 Å². The number of amides is 1. The lowest BCUT2D eigenvalue weighted by atomic mass is 10.1. The molecule has 0 aliphatic heterocycles. The molecule has 1 rings (SSSR count). The molecule has 0 saturated heterocycles. The maximum absolute atomic E-state index is 12.3. The van der Waals surface area contributed by atoms with Crippen LogP contribution < -0.4 is 4.74 Å². The lowest BCUT2D eigenvalue weighted by Crippen LogP contribution is -2.37. The van der Waals surface area contributed by atoms with Crippen molar-refractivity contribution in [3.63, 3.8) is 0 Å². The summed E-state index contributed by atoms with van der Waals surface area (Å²) < 4.78 is 5.67. The molecule has 118 valence electrons. The molecule has 3 nitrogen and oxygen atoms in total. The van der Waals surface area contributed by atoms with Crippen LogP contribution in [0.1, 0.15) is 39.7 Å². The van der Waals surface area contributed by atoms with Crippen LogP contribution in [-0.4, -0.2) is 30.5 Å². The minimum atomic E-state index is 0.185. The van der Waals surface area contributed by atoms with Crippen LogP contribution in [0.5, 0.6) is 5.75 Å². The van der Waals surface area contributed by atoms with Crippen LogP contribution >= 0.6 is 0 Å². The summed E-state index contributed by atoms with van der Waals surface area (Å²) in [5, 5.41) is 0. The van der Waals surface area contributed by atoms with Crippen molar-refractivity contribution in [3.05, 3.63) is 29.8 Å². The first-order valence-corrected chi connectivity index (χ1v) is 7.85. The zero-order chi connectivity index (χ0) is 15.8. The van der Waals surface area contributed by atoms with E-state index in [9.17, 15) is 4.79 Å². The van der Waals surface area contributed by atoms with Gasteiger partial charge in [0.1, 0.15) is 5.75 Å². The van der Waals surface area contributed by atoms with Gasteiger partial charge in [-0.05, 0) is 36.5 Å². The Hall–Kier alpha value is -1.51. The monoisotopic (exact) mass is 291 g/mol. The SMILES string of the molecule is Cc1cccc(OCCC(=O)N(CC(C)C)CC(C)C)c1. The predicted molar refractivity (Wildman–Crippen MR) is 87.5 cm³/mol. The topological polar surface area (TPSA) is 29.5 Å². The number of benzene rings is 1. The molecule has 0 unspecified atom stereocenters. The van der Waals surface area contributed by atoms with Crippen molar-refractivity contribution in [3.8, 4) is 5.75 Å². The molecule has 0 spiro atoms. The molecule has 1 amide bonds. The molecule has 1 aromatic carbocycles. The Labute approximate surface area is 129 Å². The number of aryl methyl sites for hydroxylation is 1. The second-order valence-corrected chi connectivity index (χ2v) is 6.50. The van der Waals surface area contributed by atoms with Crippen LogP contribution in [0.2, 0.25) is 0 Å². The number of carbonyl (C=O) groups is 1. The highest BCUT2D eigenvalue weighted by Crippen LogP contribution is 2.13. The third-order valence-electron chi connectivity index (χ3n) is 3.10. The van der Waals surface area contributed by atoms with Crippen LogP contribution in [0.25, 0.3) is 0 Å². The molecule has 3 heteroatoms. The fraction of sp³-hybridized carbons (Fsp3) is 0.611. The average molecular weight is 291 g/mol. The van der Waals surface area contributed by atoms with E-state index in [1.807, 2.05) is 36.1 Å². The summed E-state index contributed by atoms with van der Waals surface area (Å²) in [5.41, 5.74) is 1.17. The van der Waals surface area contributed by atoms with Crippen molar-refractivity contribution in [1.82, 2.24) is 4.90 Å². The third-order valence-corrected chi connectivity index (χ3v) is 3.10. The zero-order valence-corrected chi connectivity index (χ0v) is 14.1. The van der Waals surface area contributed by atoms with E-state index in [0.717, 1.165) is 18.8 Å². The fourth-order valence-electron chi connectivity index (χ4n) is 2.28. The highest BCUT2D eigenvalue weighted by molar-refractivity contribution is 5.76. The van der Waals surface area contributed by atoms with Gasteiger partial charge in [0, 0.05) is 13.1 Å². The van der Waals surface area contributed by atoms with E-state index in [1.165, 1.54) is 5.56 Å². The molecule has 0 saturated carbocycles. The molecule has 0 aliphatic carbocycles. The fourth-order valence-corrected chi connectivity index (χ4v) is 2.28. The van der Waals surface area contributed by atoms with E-state index in [2.05, 4.69) is 27.7 Å². The molecule has 0 bridgehead atoms. The van der Waals surface area contributed by atoms with E-state index in [1.54, 1.807) is 0 Å². The van der Waals surface area contributed by atoms with Crippen molar-refractivity contribution in [2.24, 2.45) is 11.8 Å². The van der Waals surface area contributed by atoms with E-state index in [-0.39, 0.29) is 5.91 Å². The Morgan fingerprint density at radius 2 is 1.76 bits per heavy atom. The number of carbonyl (C=O) groups excluding carboxylic acids is 1. The predicted octanol–water partition coefficient (Wildman–Crippen LogP) is 3.90. The van der Waals surface area contributed by atoms with Crippen LogP contribution in [0.15, 0.2) is 24.3 Å². The Bertz CT molecular complexity index is 431. The van der Waals surface area contributed by atoms with E-state index >= 15 is 0 Å². The first-order valence-electron chi connectivity index (χ1n) is 7.85. The zero-order valence-electron chi connectivity index (χ0n) is 14.1. The first-order chi connectivity index (χ1) is 9.88. The summed E-state index contributed by atoms with van der Waals surface area (Å²) in [6, 6.07) is 7.92. The molecular formula is C18H29NO2. The number of hydrogen-bond acceptors (Lipinski definition) is 2. The van der Waals surface area contributed by atoms with Crippen molar-refractivity contribution in [1.29, 1.82) is 0 Å². The maximum atomic E-state index is 12.3.